The Morgan fingerprint density at radius 2 is 1.15 bits per heavy atom. The standard InChI is InChI=1S/C28H31NO4/c1-2-25-27(32-19-23-14-8-4-9-15-23)28(33-20-24-16-10-5-11-17-24)26(29(25)30)21-31-18-22-12-6-3-7-13-22/h2-17,25-28,30H,1,18-21H2/t25-,26+,27+,28+/m0/s1. The normalized spacial score (nSPS) is 22.9. The molecule has 5 heteroatoms. The summed E-state index contributed by atoms with van der Waals surface area (Å²) in [6.07, 6.45) is 0.936. The monoisotopic (exact) mass is 445 g/mol. The van der Waals surface area contributed by atoms with Gasteiger partial charge < -0.3 is 19.4 Å². The molecule has 3 aromatic rings. The maximum absolute atomic E-state index is 11.0. The van der Waals surface area contributed by atoms with Crippen molar-refractivity contribution in [3.63, 3.8) is 0 Å². The van der Waals surface area contributed by atoms with E-state index >= 15 is 0 Å². The summed E-state index contributed by atoms with van der Waals surface area (Å²) in [6.45, 7) is 5.55. The molecule has 0 radical (unpaired) electrons. The van der Waals surface area contributed by atoms with Gasteiger partial charge in [-0.3, -0.25) is 0 Å². The van der Waals surface area contributed by atoms with Gasteiger partial charge in [-0.2, -0.15) is 5.06 Å². The summed E-state index contributed by atoms with van der Waals surface area (Å²) in [5, 5.41) is 12.3. The summed E-state index contributed by atoms with van der Waals surface area (Å²) in [6, 6.07) is 29.2. The summed E-state index contributed by atoms with van der Waals surface area (Å²) in [4.78, 5) is 0. The maximum Gasteiger partial charge on any atom is 0.107 e. The van der Waals surface area contributed by atoms with Crippen molar-refractivity contribution in [3.05, 3.63) is 120 Å². The van der Waals surface area contributed by atoms with Gasteiger partial charge in [0.2, 0.25) is 0 Å². The second-order valence-electron chi connectivity index (χ2n) is 8.20. The fourth-order valence-corrected chi connectivity index (χ4v) is 4.15. The Bertz CT molecular complexity index is 967. The summed E-state index contributed by atoms with van der Waals surface area (Å²) < 4.78 is 18.6. The molecule has 5 nitrogen and oxygen atoms in total. The predicted molar refractivity (Wildman–Crippen MR) is 128 cm³/mol. The van der Waals surface area contributed by atoms with Crippen LogP contribution < -0.4 is 0 Å². The van der Waals surface area contributed by atoms with Crippen molar-refractivity contribution in [1.82, 2.24) is 5.06 Å². The van der Waals surface area contributed by atoms with Crippen molar-refractivity contribution >= 4 is 0 Å². The van der Waals surface area contributed by atoms with Crippen LogP contribution in [-0.2, 0) is 34.0 Å². The lowest BCUT2D eigenvalue weighted by Gasteiger charge is -2.25. The van der Waals surface area contributed by atoms with Crippen LogP contribution in [0.15, 0.2) is 104 Å². The molecular formula is C28H31NO4. The molecule has 3 aromatic carbocycles. The molecule has 1 aliphatic rings. The van der Waals surface area contributed by atoms with Crippen molar-refractivity contribution < 1.29 is 19.4 Å². The van der Waals surface area contributed by atoms with Crippen LogP contribution >= 0.6 is 0 Å². The highest BCUT2D eigenvalue weighted by molar-refractivity contribution is 5.16. The maximum atomic E-state index is 11.0. The zero-order chi connectivity index (χ0) is 22.9. The van der Waals surface area contributed by atoms with E-state index in [2.05, 4.69) is 6.58 Å². The third-order valence-electron chi connectivity index (χ3n) is 5.90. The number of hydrogen-bond acceptors (Lipinski definition) is 5. The molecule has 0 saturated carbocycles. The third-order valence-corrected chi connectivity index (χ3v) is 5.90. The summed E-state index contributed by atoms with van der Waals surface area (Å²) >= 11 is 0. The van der Waals surface area contributed by atoms with Gasteiger partial charge in [0.1, 0.15) is 12.2 Å². The molecule has 0 unspecified atom stereocenters. The van der Waals surface area contributed by atoms with Gasteiger partial charge in [-0.25, -0.2) is 0 Å². The number of rotatable bonds is 11. The minimum absolute atomic E-state index is 0.306. The Labute approximate surface area is 195 Å². The zero-order valence-electron chi connectivity index (χ0n) is 18.7. The first-order valence-corrected chi connectivity index (χ1v) is 11.3. The molecule has 4 rings (SSSR count). The summed E-state index contributed by atoms with van der Waals surface area (Å²) in [5.41, 5.74) is 3.21. The molecule has 172 valence electrons. The Morgan fingerprint density at radius 3 is 1.64 bits per heavy atom. The lowest BCUT2D eigenvalue weighted by atomic mass is 10.1. The zero-order valence-corrected chi connectivity index (χ0v) is 18.7. The topological polar surface area (TPSA) is 51.2 Å². The van der Waals surface area contributed by atoms with Crippen LogP contribution in [0, 0.1) is 0 Å². The molecule has 0 spiro atoms. The van der Waals surface area contributed by atoms with Gasteiger partial charge >= 0.3 is 0 Å². The van der Waals surface area contributed by atoms with Crippen LogP contribution in [0.3, 0.4) is 0 Å². The second-order valence-corrected chi connectivity index (χ2v) is 8.20. The molecular weight excluding hydrogens is 414 g/mol. The lowest BCUT2D eigenvalue weighted by molar-refractivity contribution is -0.156. The Hall–Kier alpha value is -2.80. The first-order valence-electron chi connectivity index (χ1n) is 11.3. The molecule has 4 atom stereocenters. The molecule has 0 aliphatic carbocycles. The van der Waals surface area contributed by atoms with E-state index in [-0.39, 0.29) is 12.1 Å². The number of benzene rings is 3. The van der Waals surface area contributed by atoms with Crippen LogP contribution in [0.25, 0.3) is 0 Å². The van der Waals surface area contributed by atoms with E-state index in [4.69, 9.17) is 14.2 Å². The lowest BCUT2D eigenvalue weighted by Crippen LogP contribution is -2.40. The molecule has 0 bridgehead atoms. The fraction of sp³-hybridized carbons (Fsp3) is 0.286. The Kier molecular flexibility index (Phi) is 8.41. The van der Waals surface area contributed by atoms with Gasteiger partial charge in [0, 0.05) is 0 Å². The van der Waals surface area contributed by atoms with E-state index < -0.39 is 12.1 Å². The fourth-order valence-electron chi connectivity index (χ4n) is 4.15. The summed E-state index contributed by atoms with van der Waals surface area (Å²) in [7, 11) is 0. The minimum Gasteiger partial charge on any atom is -0.375 e. The van der Waals surface area contributed by atoms with Crippen molar-refractivity contribution in [1.29, 1.82) is 0 Å². The highest BCUT2D eigenvalue weighted by Crippen LogP contribution is 2.31. The molecule has 33 heavy (non-hydrogen) atoms. The second kappa shape index (κ2) is 11.9. The van der Waals surface area contributed by atoms with Crippen molar-refractivity contribution in [2.75, 3.05) is 6.61 Å². The van der Waals surface area contributed by atoms with E-state index in [1.54, 1.807) is 6.08 Å². The Balaban J connectivity index is 1.47. The van der Waals surface area contributed by atoms with E-state index in [0.29, 0.717) is 26.4 Å². The first kappa shape index (κ1) is 23.4. The van der Waals surface area contributed by atoms with Crippen LogP contribution in [-0.4, -0.2) is 41.2 Å². The van der Waals surface area contributed by atoms with Gasteiger partial charge in [-0.05, 0) is 16.7 Å². The first-order chi connectivity index (χ1) is 16.3. The number of hydroxylamine groups is 2. The molecule has 1 fully saturated rings. The van der Waals surface area contributed by atoms with Crippen molar-refractivity contribution in [2.24, 2.45) is 0 Å². The van der Waals surface area contributed by atoms with Crippen molar-refractivity contribution in [2.45, 2.75) is 44.1 Å². The number of ether oxygens (including phenoxy) is 3. The van der Waals surface area contributed by atoms with Gasteiger partial charge in [0.05, 0.1) is 38.5 Å². The SMILES string of the molecule is C=C[C@H]1[C@@H](OCc2ccccc2)[C@H](OCc2ccccc2)[C@@H](COCc2ccccc2)N1O. The molecule has 1 N–H and O–H groups in total. The van der Waals surface area contributed by atoms with Crippen LogP contribution in [0.5, 0.6) is 0 Å². The quantitative estimate of drug-likeness (QED) is 0.421. The van der Waals surface area contributed by atoms with Gasteiger partial charge in [0.25, 0.3) is 0 Å². The smallest absolute Gasteiger partial charge is 0.107 e. The van der Waals surface area contributed by atoms with Crippen LogP contribution in [0.4, 0.5) is 0 Å². The van der Waals surface area contributed by atoms with Crippen molar-refractivity contribution in [3.8, 4) is 0 Å². The number of nitrogens with zero attached hydrogens (tertiary/aromatic N) is 1. The van der Waals surface area contributed by atoms with Gasteiger partial charge in [-0.1, -0.05) is 97.1 Å². The minimum atomic E-state index is -0.403. The Morgan fingerprint density at radius 1 is 0.697 bits per heavy atom. The van der Waals surface area contributed by atoms with Crippen LogP contribution in [0.1, 0.15) is 16.7 Å². The van der Waals surface area contributed by atoms with Gasteiger partial charge in [-0.15, -0.1) is 6.58 Å². The molecule has 0 aromatic heterocycles. The van der Waals surface area contributed by atoms with Gasteiger partial charge in [0.15, 0.2) is 0 Å². The average Bonchev–Trinajstić information content (AvgIpc) is 3.13. The number of hydrogen-bond donors (Lipinski definition) is 1. The molecule has 0 amide bonds. The summed E-state index contributed by atoms with van der Waals surface area (Å²) in [5.74, 6) is 0. The van der Waals surface area contributed by atoms with E-state index in [1.165, 1.54) is 5.06 Å². The van der Waals surface area contributed by atoms with E-state index in [9.17, 15) is 5.21 Å². The molecule has 1 aliphatic heterocycles. The third kappa shape index (κ3) is 6.16. The predicted octanol–water partition coefficient (Wildman–Crippen LogP) is 5.00. The van der Waals surface area contributed by atoms with E-state index in [0.717, 1.165) is 16.7 Å². The largest absolute Gasteiger partial charge is 0.375 e. The average molecular weight is 446 g/mol. The highest BCUT2D eigenvalue weighted by atomic mass is 16.6. The molecule has 1 saturated heterocycles. The highest BCUT2D eigenvalue weighted by Gasteiger charge is 2.49. The molecule has 1 heterocycles. The van der Waals surface area contributed by atoms with E-state index in [1.807, 2.05) is 91.0 Å². The van der Waals surface area contributed by atoms with Crippen LogP contribution in [0.2, 0.25) is 0 Å².